The number of amides is 1. The summed E-state index contributed by atoms with van der Waals surface area (Å²) in [6.45, 7) is 5.39. The Labute approximate surface area is 163 Å². The number of thioether (sulfide) groups is 1. The quantitative estimate of drug-likeness (QED) is 0.696. The molecule has 0 aliphatic heterocycles. The molecule has 0 aliphatic rings. The maximum atomic E-state index is 12.2. The monoisotopic (exact) mass is 410 g/mol. The lowest BCUT2D eigenvalue weighted by atomic mass is 9.90. The molecule has 0 unspecified atom stereocenters. The van der Waals surface area contributed by atoms with Crippen LogP contribution in [0, 0.1) is 17.2 Å². The Kier molecular flexibility index (Phi) is 6.19. The fraction of sp³-hybridized carbons (Fsp3) is 0.471. The van der Waals surface area contributed by atoms with E-state index < -0.39 is 15.6 Å². The summed E-state index contributed by atoms with van der Waals surface area (Å²) in [4.78, 5) is 16.5. The molecule has 0 saturated heterocycles. The number of benzene rings is 1. The molecule has 8 nitrogen and oxygen atoms in total. The van der Waals surface area contributed by atoms with E-state index in [0.29, 0.717) is 11.1 Å². The maximum Gasteiger partial charge on any atom is 0.257 e. The molecule has 146 valence electrons. The number of hydrogen-bond donors (Lipinski definition) is 1. The number of carbonyl (C=O) groups excluding carboxylic acids is 1. The highest BCUT2D eigenvalue weighted by Crippen LogP contribution is 2.26. The van der Waals surface area contributed by atoms with Crippen LogP contribution in [-0.4, -0.2) is 49.0 Å². The summed E-state index contributed by atoms with van der Waals surface area (Å²) in [5, 5.41) is 12.2. The van der Waals surface area contributed by atoms with Gasteiger partial charge in [0.2, 0.25) is 15.9 Å². The Morgan fingerprint density at radius 1 is 1.44 bits per heavy atom. The van der Waals surface area contributed by atoms with E-state index in [-0.39, 0.29) is 27.7 Å². The Balaban J connectivity index is 2.13. The van der Waals surface area contributed by atoms with Gasteiger partial charge < -0.3 is 9.73 Å². The molecule has 0 bridgehead atoms. The van der Waals surface area contributed by atoms with Gasteiger partial charge in [-0.25, -0.2) is 17.7 Å². The summed E-state index contributed by atoms with van der Waals surface area (Å²) < 4.78 is 31.1. The topological polar surface area (TPSA) is 116 Å². The second-order valence-corrected chi connectivity index (χ2v) is 9.78. The van der Waals surface area contributed by atoms with Gasteiger partial charge in [0.25, 0.3) is 5.22 Å². The van der Waals surface area contributed by atoms with Gasteiger partial charge >= 0.3 is 0 Å². The molecule has 2 aromatic rings. The van der Waals surface area contributed by atoms with Crippen molar-refractivity contribution in [2.75, 3.05) is 19.8 Å². The normalized spacial score (nSPS) is 14.3. The van der Waals surface area contributed by atoms with Gasteiger partial charge in [-0.15, -0.1) is 0 Å². The van der Waals surface area contributed by atoms with Gasteiger partial charge in [-0.1, -0.05) is 25.6 Å². The van der Waals surface area contributed by atoms with Gasteiger partial charge in [0, 0.05) is 14.1 Å². The highest BCUT2D eigenvalue weighted by molar-refractivity contribution is 7.99. The van der Waals surface area contributed by atoms with Gasteiger partial charge in [0.05, 0.1) is 16.7 Å². The number of sulfonamides is 1. The molecule has 0 aliphatic carbocycles. The van der Waals surface area contributed by atoms with Crippen LogP contribution in [0.15, 0.2) is 32.7 Å². The average Bonchev–Trinajstić information content (AvgIpc) is 3.01. The van der Waals surface area contributed by atoms with Crippen LogP contribution in [0.4, 0.5) is 0 Å². The largest absolute Gasteiger partial charge is 0.431 e. The molecule has 1 N–H and O–H groups in total. The summed E-state index contributed by atoms with van der Waals surface area (Å²) in [6, 6.07) is 6.54. The lowest BCUT2D eigenvalue weighted by Crippen LogP contribution is -2.49. The van der Waals surface area contributed by atoms with E-state index >= 15 is 0 Å². The molecular formula is C17H22N4O4S2. The van der Waals surface area contributed by atoms with Gasteiger partial charge in [-0.2, -0.15) is 5.26 Å². The molecule has 27 heavy (non-hydrogen) atoms. The van der Waals surface area contributed by atoms with Crippen LogP contribution in [-0.2, 0) is 14.8 Å². The minimum atomic E-state index is -3.57. The number of aromatic nitrogens is 1. The smallest absolute Gasteiger partial charge is 0.257 e. The Morgan fingerprint density at radius 3 is 2.67 bits per heavy atom. The summed E-state index contributed by atoms with van der Waals surface area (Å²) in [7, 11) is -0.661. The van der Waals surface area contributed by atoms with Crippen molar-refractivity contribution in [2.24, 2.45) is 5.92 Å². The van der Waals surface area contributed by atoms with Gasteiger partial charge in [-0.05, 0) is 31.0 Å². The standard InChI is InChI=1S/C17H22N4O4S2/c1-11(2)17(3,10-18)20-15(22)9-26-16-19-13-8-12(6-7-14(13)25-16)27(23,24)21(4)5/h6-8,11H,9H2,1-5H3,(H,20,22)/t17-/m1/s1. The molecular weight excluding hydrogens is 388 g/mol. The van der Waals surface area contributed by atoms with E-state index in [1.165, 1.54) is 32.3 Å². The second-order valence-electron chi connectivity index (χ2n) is 6.70. The molecule has 1 heterocycles. The molecule has 0 spiro atoms. The van der Waals surface area contributed by atoms with Gasteiger partial charge in [-0.3, -0.25) is 4.79 Å². The van der Waals surface area contributed by atoms with Crippen LogP contribution in [0.2, 0.25) is 0 Å². The molecule has 0 saturated carbocycles. The number of carbonyl (C=O) groups is 1. The zero-order chi connectivity index (χ0) is 20.4. The Morgan fingerprint density at radius 2 is 2.11 bits per heavy atom. The van der Waals surface area contributed by atoms with Crippen LogP contribution in [0.5, 0.6) is 0 Å². The fourth-order valence-corrected chi connectivity index (χ4v) is 3.63. The summed E-state index contributed by atoms with van der Waals surface area (Å²) in [5.41, 5.74) is -0.126. The third kappa shape index (κ3) is 4.61. The fourth-order valence-electron chi connectivity index (χ4n) is 2.07. The molecule has 1 aromatic heterocycles. The van der Waals surface area contributed by atoms with Crippen molar-refractivity contribution in [1.29, 1.82) is 5.26 Å². The third-order valence-electron chi connectivity index (χ3n) is 4.23. The predicted octanol–water partition coefficient (Wildman–Crippen LogP) is 2.22. The van der Waals surface area contributed by atoms with Crippen molar-refractivity contribution < 1.29 is 17.6 Å². The van der Waals surface area contributed by atoms with E-state index in [9.17, 15) is 18.5 Å². The molecule has 1 atom stereocenters. The van der Waals surface area contributed by atoms with Crippen molar-refractivity contribution in [2.45, 2.75) is 36.4 Å². The van der Waals surface area contributed by atoms with Crippen LogP contribution in [0.25, 0.3) is 11.1 Å². The summed E-state index contributed by atoms with van der Waals surface area (Å²) >= 11 is 1.08. The molecule has 0 radical (unpaired) electrons. The van der Waals surface area contributed by atoms with Gasteiger partial charge in [0.15, 0.2) is 5.58 Å². The summed E-state index contributed by atoms with van der Waals surface area (Å²) in [6.07, 6.45) is 0. The predicted molar refractivity (Wildman–Crippen MR) is 103 cm³/mol. The number of hydrogen-bond acceptors (Lipinski definition) is 7. The van der Waals surface area contributed by atoms with Crippen LogP contribution in [0.1, 0.15) is 20.8 Å². The lowest BCUT2D eigenvalue weighted by Gasteiger charge is -2.27. The lowest BCUT2D eigenvalue weighted by molar-refractivity contribution is -0.120. The number of nitrogens with zero attached hydrogens (tertiary/aromatic N) is 3. The number of nitrogens with one attached hydrogen (secondary N) is 1. The highest BCUT2D eigenvalue weighted by atomic mass is 32.2. The number of oxazole rings is 1. The first-order valence-corrected chi connectivity index (χ1v) is 10.6. The van der Waals surface area contributed by atoms with Crippen LogP contribution < -0.4 is 5.32 Å². The van der Waals surface area contributed by atoms with Crippen molar-refractivity contribution in [3.05, 3.63) is 18.2 Å². The van der Waals surface area contributed by atoms with Crippen molar-refractivity contribution in [3.8, 4) is 6.07 Å². The van der Waals surface area contributed by atoms with E-state index in [1.807, 2.05) is 13.8 Å². The minimum Gasteiger partial charge on any atom is -0.431 e. The summed E-state index contributed by atoms with van der Waals surface area (Å²) in [5.74, 6) is -0.326. The molecule has 1 aromatic carbocycles. The molecule has 2 rings (SSSR count). The van der Waals surface area contributed by atoms with E-state index in [0.717, 1.165) is 16.1 Å². The van der Waals surface area contributed by atoms with E-state index in [2.05, 4.69) is 16.4 Å². The highest BCUT2D eigenvalue weighted by Gasteiger charge is 2.30. The third-order valence-corrected chi connectivity index (χ3v) is 6.87. The molecule has 10 heteroatoms. The van der Waals surface area contributed by atoms with Crippen LogP contribution in [0.3, 0.4) is 0 Å². The van der Waals surface area contributed by atoms with E-state index in [1.54, 1.807) is 6.92 Å². The second kappa shape index (κ2) is 7.88. The molecule has 0 fully saturated rings. The maximum absolute atomic E-state index is 12.2. The van der Waals surface area contributed by atoms with E-state index in [4.69, 9.17) is 4.42 Å². The number of fused-ring (bicyclic) bond motifs is 1. The van der Waals surface area contributed by atoms with Crippen molar-refractivity contribution in [1.82, 2.24) is 14.6 Å². The Bertz CT molecular complexity index is 992. The zero-order valence-electron chi connectivity index (χ0n) is 15.8. The first kappa shape index (κ1) is 21.2. The first-order chi connectivity index (χ1) is 12.5. The first-order valence-electron chi connectivity index (χ1n) is 8.18. The average molecular weight is 411 g/mol. The van der Waals surface area contributed by atoms with Crippen LogP contribution >= 0.6 is 11.8 Å². The van der Waals surface area contributed by atoms with Gasteiger partial charge in [0.1, 0.15) is 11.1 Å². The number of nitriles is 1. The van der Waals surface area contributed by atoms with Crippen molar-refractivity contribution in [3.63, 3.8) is 0 Å². The number of rotatable bonds is 7. The van der Waals surface area contributed by atoms with Crippen molar-refractivity contribution >= 4 is 38.8 Å². The molecule has 1 amide bonds. The zero-order valence-corrected chi connectivity index (χ0v) is 17.4. The Hall–Kier alpha value is -2.09. The minimum absolute atomic E-state index is 0.0274. The SMILES string of the molecule is CC(C)[C@@](C)(C#N)NC(=O)CSc1nc2cc(S(=O)(=O)N(C)C)ccc2o1.